The van der Waals surface area contributed by atoms with E-state index in [-0.39, 0.29) is 11.9 Å². The molecule has 0 fully saturated rings. The van der Waals surface area contributed by atoms with Gasteiger partial charge < -0.3 is 5.32 Å². The summed E-state index contributed by atoms with van der Waals surface area (Å²) in [5, 5.41) is 3.28. The highest BCUT2D eigenvalue weighted by atomic mass is 32.2. The summed E-state index contributed by atoms with van der Waals surface area (Å²) >= 11 is 3.82. The van der Waals surface area contributed by atoms with Crippen LogP contribution >= 0.6 is 23.1 Å². The first-order valence-corrected chi connectivity index (χ1v) is 8.78. The molecule has 1 unspecified atom stereocenters. The summed E-state index contributed by atoms with van der Waals surface area (Å²) in [6.45, 7) is 2.01. The number of hydrogen-bond donors (Lipinski definition) is 1. The van der Waals surface area contributed by atoms with Gasteiger partial charge in [-0.25, -0.2) is 4.39 Å². The van der Waals surface area contributed by atoms with Gasteiger partial charge in [0.2, 0.25) is 0 Å². The molecule has 0 spiro atoms. The quantitative estimate of drug-likeness (QED) is 0.907. The number of rotatable bonds is 3. The van der Waals surface area contributed by atoms with Gasteiger partial charge in [0, 0.05) is 21.1 Å². The maximum atomic E-state index is 14.1. The largest absolute Gasteiger partial charge is 0.309 e. The Kier molecular flexibility index (Phi) is 4.15. The lowest BCUT2D eigenvalue weighted by Gasteiger charge is -2.16. The van der Waals surface area contributed by atoms with E-state index in [0.717, 1.165) is 23.3 Å². The van der Waals surface area contributed by atoms with Crippen LogP contribution in [0.2, 0.25) is 0 Å². The summed E-state index contributed by atoms with van der Waals surface area (Å²) in [4.78, 5) is 2.71. The second kappa shape index (κ2) is 5.88. The van der Waals surface area contributed by atoms with Crippen molar-refractivity contribution in [2.75, 3.05) is 12.8 Å². The number of thiophene rings is 1. The zero-order chi connectivity index (χ0) is 14.1. The van der Waals surface area contributed by atoms with Crippen LogP contribution in [0.25, 0.3) is 0 Å². The van der Waals surface area contributed by atoms with Crippen molar-refractivity contribution in [3.8, 4) is 0 Å². The number of nitrogens with one attached hydrogen (secondary N) is 1. The number of aryl methyl sites for hydroxylation is 2. The third-order valence-corrected chi connectivity index (χ3v) is 5.99. The van der Waals surface area contributed by atoms with Crippen LogP contribution in [0, 0.1) is 12.7 Å². The van der Waals surface area contributed by atoms with Gasteiger partial charge in [-0.3, -0.25) is 0 Å². The predicted molar refractivity (Wildman–Crippen MR) is 86.2 cm³/mol. The predicted octanol–water partition coefficient (Wildman–Crippen LogP) is 4.29. The molecular weight excluding hydrogens is 289 g/mol. The normalized spacial score (nSPS) is 15.9. The Labute approximate surface area is 127 Å². The summed E-state index contributed by atoms with van der Waals surface area (Å²) in [6.07, 6.45) is 1.15. The Morgan fingerprint density at radius 1 is 1.30 bits per heavy atom. The molecule has 3 rings (SSSR count). The van der Waals surface area contributed by atoms with Gasteiger partial charge in [-0.1, -0.05) is 17.7 Å². The average Bonchev–Trinajstić information content (AvgIpc) is 2.87. The van der Waals surface area contributed by atoms with Crippen LogP contribution < -0.4 is 5.32 Å². The van der Waals surface area contributed by atoms with Gasteiger partial charge >= 0.3 is 0 Å². The number of thioether (sulfide) groups is 1. The van der Waals surface area contributed by atoms with Crippen molar-refractivity contribution >= 4 is 23.1 Å². The molecule has 2 aromatic rings. The first kappa shape index (κ1) is 14.1. The second-order valence-electron chi connectivity index (χ2n) is 5.15. The fourth-order valence-electron chi connectivity index (χ4n) is 2.65. The van der Waals surface area contributed by atoms with E-state index in [9.17, 15) is 4.39 Å². The molecule has 0 radical (unpaired) electrons. The summed E-state index contributed by atoms with van der Waals surface area (Å²) in [7, 11) is 1.90. The third-order valence-electron chi connectivity index (χ3n) is 3.68. The molecule has 0 saturated heterocycles. The first-order chi connectivity index (χ1) is 9.69. The number of fused-ring (bicyclic) bond motifs is 1. The lowest BCUT2D eigenvalue weighted by atomic mass is 10.0. The van der Waals surface area contributed by atoms with Gasteiger partial charge in [-0.2, -0.15) is 11.8 Å². The Morgan fingerprint density at radius 3 is 2.90 bits per heavy atom. The maximum absolute atomic E-state index is 14.1. The molecule has 2 heterocycles. The molecule has 0 saturated carbocycles. The van der Waals surface area contributed by atoms with E-state index in [1.807, 2.05) is 49.2 Å². The van der Waals surface area contributed by atoms with Crippen molar-refractivity contribution in [1.29, 1.82) is 0 Å². The van der Waals surface area contributed by atoms with Crippen molar-refractivity contribution in [1.82, 2.24) is 5.32 Å². The van der Waals surface area contributed by atoms with Crippen LogP contribution in [0.5, 0.6) is 0 Å². The highest BCUT2D eigenvalue weighted by molar-refractivity contribution is 7.98. The van der Waals surface area contributed by atoms with Gasteiger partial charge in [0.05, 0.1) is 6.04 Å². The molecular formula is C16H18FNS2. The molecule has 1 aliphatic rings. The fourth-order valence-corrected chi connectivity index (χ4v) is 5.15. The molecule has 4 heteroatoms. The van der Waals surface area contributed by atoms with Crippen molar-refractivity contribution in [2.45, 2.75) is 25.1 Å². The molecule has 1 N–H and O–H groups in total. The van der Waals surface area contributed by atoms with Crippen LogP contribution in [0.1, 0.15) is 32.5 Å². The van der Waals surface area contributed by atoms with E-state index in [1.54, 1.807) is 6.07 Å². The highest BCUT2D eigenvalue weighted by Crippen LogP contribution is 2.37. The number of halogens is 1. The van der Waals surface area contributed by atoms with Gasteiger partial charge in [-0.05, 0) is 43.8 Å². The molecule has 1 nitrogen and oxygen atoms in total. The molecule has 106 valence electrons. The zero-order valence-corrected chi connectivity index (χ0v) is 13.3. The SMILES string of the molecule is CNC(c1cc2c(s1)CCSC2)c1cc(C)ccc1F. The maximum Gasteiger partial charge on any atom is 0.128 e. The number of hydrogen-bond acceptors (Lipinski definition) is 3. The van der Waals surface area contributed by atoms with Crippen LogP contribution in [0.15, 0.2) is 24.3 Å². The van der Waals surface area contributed by atoms with Crippen LogP contribution in [0.3, 0.4) is 0 Å². The Hall–Kier alpha value is -0.840. The molecule has 0 bridgehead atoms. The molecule has 1 aliphatic heterocycles. The van der Waals surface area contributed by atoms with Crippen LogP contribution in [-0.2, 0) is 12.2 Å². The van der Waals surface area contributed by atoms with Gasteiger partial charge in [0.1, 0.15) is 5.82 Å². The Bertz CT molecular complexity index is 597. The molecule has 20 heavy (non-hydrogen) atoms. The monoisotopic (exact) mass is 307 g/mol. The van der Waals surface area contributed by atoms with Crippen molar-refractivity contribution in [3.05, 3.63) is 56.5 Å². The molecule has 1 aromatic heterocycles. The van der Waals surface area contributed by atoms with Gasteiger partial charge in [-0.15, -0.1) is 11.3 Å². The zero-order valence-electron chi connectivity index (χ0n) is 11.7. The Morgan fingerprint density at radius 2 is 2.15 bits per heavy atom. The first-order valence-electron chi connectivity index (χ1n) is 6.81. The standard InChI is InChI=1S/C16H18FNS2/c1-10-3-4-13(17)12(7-10)16(18-2)15-8-11-9-19-6-5-14(11)20-15/h3-4,7-8,16,18H,5-6,9H2,1-2H3. The average molecular weight is 307 g/mol. The fraction of sp³-hybridized carbons (Fsp3) is 0.375. The van der Waals surface area contributed by atoms with E-state index in [4.69, 9.17) is 0 Å². The third kappa shape index (κ3) is 2.65. The molecule has 0 aliphatic carbocycles. The summed E-state index contributed by atoms with van der Waals surface area (Å²) < 4.78 is 14.1. The van der Waals surface area contributed by atoms with E-state index in [2.05, 4.69) is 11.4 Å². The lowest BCUT2D eigenvalue weighted by Crippen LogP contribution is -2.18. The molecule has 1 aromatic carbocycles. The van der Waals surface area contributed by atoms with Gasteiger partial charge in [0.25, 0.3) is 0 Å². The Balaban J connectivity index is 2.01. The molecule has 1 atom stereocenters. The minimum Gasteiger partial charge on any atom is -0.309 e. The topological polar surface area (TPSA) is 12.0 Å². The van der Waals surface area contributed by atoms with E-state index >= 15 is 0 Å². The van der Waals surface area contributed by atoms with Crippen molar-refractivity contribution in [3.63, 3.8) is 0 Å². The smallest absolute Gasteiger partial charge is 0.128 e. The van der Waals surface area contributed by atoms with Crippen LogP contribution in [0.4, 0.5) is 4.39 Å². The minimum absolute atomic E-state index is 0.0458. The van der Waals surface area contributed by atoms with Crippen molar-refractivity contribution < 1.29 is 4.39 Å². The highest BCUT2D eigenvalue weighted by Gasteiger charge is 2.21. The van der Waals surface area contributed by atoms with E-state index < -0.39 is 0 Å². The summed E-state index contributed by atoms with van der Waals surface area (Å²) in [6, 6.07) is 7.55. The minimum atomic E-state index is -0.129. The van der Waals surface area contributed by atoms with E-state index in [1.165, 1.54) is 21.1 Å². The van der Waals surface area contributed by atoms with Gasteiger partial charge in [0.15, 0.2) is 0 Å². The second-order valence-corrected chi connectivity index (χ2v) is 7.42. The number of benzene rings is 1. The summed E-state index contributed by atoms with van der Waals surface area (Å²) in [5.74, 6) is 2.17. The molecule has 0 amide bonds. The summed E-state index contributed by atoms with van der Waals surface area (Å²) in [5.41, 5.74) is 3.28. The van der Waals surface area contributed by atoms with Crippen molar-refractivity contribution in [2.24, 2.45) is 0 Å². The lowest BCUT2D eigenvalue weighted by molar-refractivity contribution is 0.578. The van der Waals surface area contributed by atoms with Crippen LogP contribution in [-0.4, -0.2) is 12.8 Å². The van der Waals surface area contributed by atoms with E-state index in [0.29, 0.717) is 0 Å².